The molecule has 0 bridgehead atoms. The predicted octanol–water partition coefficient (Wildman–Crippen LogP) is 1.40. The van der Waals surface area contributed by atoms with Gasteiger partial charge < -0.3 is 9.52 Å². The van der Waals surface area contributed by atoms with E-state index < -0.39 is 5.97 Å². The standard InChI is InChI=1S/C9H5N3O3/c13-9(14)6-2-4-1-5-3-10-12-7(5)11-8(4)15-6/h1-3H,(H,13,14)(H,10,11,12). The third-order valence-electron chi connectivity index (χ3n) is 2.12. The highest BCUT2D eigenvalue weighted by Gasteiger charge is 2.12. The topological polar surface area (TPSA) is 92.0 Å². The van der Waals surface area contributed by atoms with Gasteiger partial charge in [-0.15, -0.1) is 0 Å². The van der Waals surface area contributed by atoms with Crippen molar-refractivity contribution in [2.45, 2.75) is 0 Å². The maximum Gasteiger partial charge on any atom is 0.371 e. The molecule has 0 fully saturated rings. The number of aromatic amines is 1. The molecule has 3 aromatic rings. The van der Waals surface area contributed by atoms with Crippen LogP contribution in [0.5, 0.6) is 0 Å². The highest BCUT2D eigenvalue weighted by molar-refractivity contribution is 5.94. The molecule has 0 aromatic carbocycles. The fraction of sp³-hybridized carbons (Fsp3) is 0. The zero-order valence-corrected chi connectivity index (χ0v) is 7.39. The van der Waals surface area contributed by atoms with Crippen LogP contribution in [-0.4, -0.2) is 26.3 Å². The molecular weight excluding hydrogens is 198 g/mol. The molecule has 0 aliphatic rings. The molecule has 15 heavy (non-hydrogen) atoms. The van der Waals surface area contributed by atoms with Gasteiger partial charge in [0, 0.05) is 16.8 Å². The second kappa shape index (κ2) is 2.57. The first-order valence-corrected chi connectivity index (χ1v) is 4.21. The van der Waals surface area contributed by atoms with Crippen LogP contribution in [0.25, 0.3) is 22.1 Å². The number of nitrogens with one attached hydrogen (secondary N) is 1. The zero-order chi connectivity index (χ0) is 10.4. The summed E-state index contributed by atoms with van der Waals surface area (Å²) >= 11 is 0. The fourth-order valence-electron chi connectivity index (χ4n) is 1.44. The molecule has 0 saturated heterocycles. The number of furan rings is 1. The predicted molar refractivity (Wildman–Crippen MR) is 50.6 cm³/mol. The molecule has 0 aliphatic carbocycles. The van der Waals surface area contributed by atoms with Gasteiger partial charge in [-0.1, -0.05) is 0 Å². The first-order valence-electron chi connectivity index (χ1n) is 4.21. The van der Waals surface area contributed by atoms with Gasteiger partial charge in [0.05, 0.1) is 6.20 Å². The molecule has 0 spiro atoms. The molecule has 2 N–H and O–H groups in total. The molecule has 0 atom stereocenters. The summed E-state index contributed by atoms with van der Waals surface area (Å²) in [7, 11) is 0. The summed E-state index contributed by atoms with van der Waals surface area (Å²) in [5.41, 5.74) is 0.873. The van der Waals surface area contributed by atoms with Crippen LogP contribution >= 0.6 is 0 Å². The van der Waals surface area contributed by atoms with Crippen molar-refractivity contribution < 1.29 is 14.3 Å². The molecule has 0 radical (unpaired) electrons. The minimum Gasteiger partial charge on any atom is -0.475 e. The Kier molecular flexibility index (Phi) is 1.37. The van der Waals surface area contributed by atoms with Gasteiger partial charge in [0.2, 0.25) is 11.5 Å². The monoisotopic (exact) mass is 203 g/mol. The Morgan fingerprint density at radius 2 is 2.27 bits per heavy atom. The smallest absolute Gasteiger partial charge is 0.371 e. The lowest BCUT2D eigenvalue weighted by Gasteiger charge is -1.87. The fourth-order valence-corrected chi connectivity index (χ4v) is 1.44. The number of pyridine rings is 1. The average Bonchev–Trinajstić information content (AvgIpc) is 2.77. The van der Waals surface area contributed by atoms with E-state index in [0.717, 1.165) is 5.39 Å². The Hall–Kier alpha value is -2.37. The van der Waals surface area contributed by atoms with E-state index in [-0.39, 0.29) is 5.76 Å². The largest absolute Gasteiger partial charge is 0.475 e. The molecule has 3 heterocycles. The van der Waals surface area contributed by atoms with Crippen molar-refractivity contribution in [3.05, 3.63) is 24.1 Å². The van der Waals surface area contributed by atoms with Gasteiger partial charge >= 0.3 is 5.97 Å². The molecule has 74 valence electrons. The van der Waals surface area contributed by atoms with E-state index in [9.17, 15) is 4.79 Å². The molecule has 6 nitrogen and oxygen atoms in total. The van der Waals surface area contributed by atoms with Crippen molar-refractivity contribution in [2.24, 2.45) is 0 Å². The van der Waals surface area contributed by atoms with Crippen LogP contribution in [0.2, 0.25) is 0 Å². The van der Waals surface area contributed by atoms with Crippen LogP contribution in [0.1, 0.15) is 10.6 Å². The third kappa shape index (κ3) is 1.08. The van der Waals surface area contributed by atoms with Crippen molar-refractivity contribution in [1.29, 1.82) is 0 Å². The average molecular weight is 203 g/mol. The van der Waals surface area contributed by atoms with Crippen molar-refractivity contribution in [3.8, 4) is 0 Å². The van der Waals surface area contributed by atoms with Gasteiger partial charge in [-0.3, -0.25) is 5.10 Å². The Morgan fingerprint density at radius 3 is 3.07 bits per heavy atom. The zero-order valence-electron chi connectivity index (χ0n) is 7.39. The van der Waals surface area contributed by atoms with E-state index in [1.807, 2.05) is 0 Å². The summed E-state index contributed by atoms with van der Waals surface area (Å²) in [6, 6.07) is 3.22. The molecular formula is C9H5N3O3. The lowest BCUT2D eigenvalue weighted by Crippen LogP contribution is -1.91. The number of aromatic nitrogens is 3. The molecule has 0 amide bonds. The molecule has 3 aromatic heterocycles. The van der Waals surface area contributed by atoms with Gasteiger partial charge in [-0.05, 0) is 6.07 Å². The van der Waals surface area contributed by atoms with E-state index in [1.54, 1.807) is 12.3 Å². The molecule has 0 aliphatic heterocycles. The van der Waals surface area contributed by atoms with Crippen LogP contribution in [0.4, 0.5) is 0 Å². The Balaban J connectivity index is 2.38. The van der Waals surface area contributed by atoms with Gasteiger partial charge in [-0.2, -0.15) is 10.1 Å². The number of carbonyl (C=O) groups is 1. The number of hydrogen-bond donors (Lipinski definition) is 2. The summed E-state index contributed by atoms with van der Waals surface area (Å²) in [6.45, 7) is 0. The summed E-state index contributed by atoms with van der Waals surface area (Å²) < 4.78 is 5.05. The van der Waals surface area contributed by atoms with Crippen LogP contribution in [-0.2, 0) is 0 Å². The normalized spacial score (nSPS) is 11.2. The molecule has 0 saturated carbocycles. The summed E-state index contributed by atoms with van der Waals surface area (Å²) in [6.07, 6.45) is 1.62. The SMILES string of the molecule is O=C(O)c1cc2cc3cn[nH]c3nc2o1. The Morgan fingerprint density at radius 1 is 1.40 bits per heavy atom. The minimum absolute atomic E-state index is 0.113. The highest BCUT2D eigenvalue weighted by atomic mass is 16.4. The minimum atomic E-state index is -1.10. The van der Waals surface area contributed by atoms with E-state index in [4.69, 9.17) is 9.52 Å². The quantitative estimate of drug-likeness (QED) is 0.623. The summed E-state index contributed by atoms with van der Waals surface area (Å²) in [5.74, 6) is -1.21. The Labute approximate surface area is 82.5 Å². The van der Waals surface area contributed by atoms with E-state index in [0.29, 0.717) is 16.7 Å². The van der Waals surface area contributed by atoms with Gasteiger partial charge in [-0.25, -0.2) is 4.79 Å². The van der Waals surface area contributed by atoms with Crippen LogP contribution < -0.4 is 0 Å². The number of nitrogens with zero attached hydrogens (tertiary/aromatic N) is 2. The number of aromatic carboxylic acids is 1. The molecule has 3 rings (SSSR count). The number of H-pyrrole nitrogens is 1. The van der Waals surface area contributed by atoms with Crippen LogP contribution in [0.15, 0.2) is 22.7 Å². The van der Waals surface area contributed by atoms with E-state index in [1.165, 1.54) is 6.07 Å². The maximum absolute atomic E-state index is 10.7. The van der Waals surface area contributed by atoms with Gasteiger partial charge in [0.1, 0.15) is 0 Å². The van der Waals surface area contributed by atoms with Crippen molar-refractivity contribution in [3.63, 3.8) is 0 Å². The number of fused-ring (bicyclic) bond motifs is 2. The highest BCUT2D eigenvalue weighted by Crippen LogP contribution is 2.21. The first kappa shape index (κ1) is 7.98. The maximum atomic E-state index is 10.7. The molecule has 0 unspecified atom stereocenters. The Bertz CT molecular complexity index is 619. The third-order valence-corrected chi connectivity index (χ3v) is 2.12. The second-order valence-corrected chi connectivity index (χ2v) is 3.11. The number of hydrogen-bond acceptors (Lipinski definition) is 4. The molecule has 6 heteroatoms. The number of carboxylic acid groups (broad SMARTS) is 1. The van der Waals surface area contributed by atoms with Gasteiger partial charge in [0.25, 0.3) is 0 Å². The number of rotatable bonds is 1. The second-order valence-electron chi connectivity index (χ2n) is 3.11. The lowest BCUT2D eigenvalue weighted by atomic mass is 10.3. The van der Waals surface area contributed by atoms with Crippen LogP contribution in [0, 0.1) is 0 Å². The van der Waals surface area contributed by atoms with Crippen molar-refractivity contribution >= 4 is 28.1 Å². The van der Waals surface area contributed by atoms with Crippen molar-refractivity contribution in [1.82, 2.24) is 15.2 Å². The van der Waals surface area contributed by atoms with E-state index >= 15 is 0 Å². The first-order chi connectivity index (χ1) is 7.24. The summed E-state index contributed by atoms with van der Waals surface area (Å²) in [5, 5.41) is 16.7. The van der Waals surface area contributed by atoms with E-state index in [2.05, 4.69) is 15.2 Å². The number of carboxylic acids is 1. The summed E-state index contributed by atoms with van der Waals surface area (Å²) in [4.78, 5) is 14.8. The van der Waals surface area contributed by atoms with Gasteiger partial charge in [0.15, 0.2) is 5.65 Å². The van der Waals surface area contributed by atoms with Crippen molar-refractivity contribution in [2.75, 3.05) is 0 Å². The van der Waals surface area contributed by atoms with Crippen LogP contribution in [0.3, 0.4) is 0 Å². The lowest BCUT2D eigenvalue weighted by molar-refractivity contribution is 0.0664.